The molecule has 0 atom stereocenters. The van der Waals surface area contributed by atoms with Gasteiger partial charge in [-0.1, -0.05) is 13.0 Å². The third-order valence-corrected chi connectivity index (χ3v) is 10.3. The van der Waals surface area contributed by atoms with Gasteiger partial charge in [-0.2, -0.15) is 0 Å². The number of hydrogen-bond acceptors (Lipinski definition) is 8. The van der Waals surface area contributed by atoms with E-state index in [2.05, 4.69) is 10.2 Å². The monoisotopic (exact) mass is 755 g/mol. The SMILES string of the molecule is CCN(C)Cc1nc2ccc(-c3cc4c(C(=O)NC)c(-c5ccc(F)cc5)oc4cc3N(C)S(C)(=O)=O)nc2c2cc3c(F)cccc3n12.CN(C)C=O. The maximum atomic E-state index is 15.1. The molecule has 2 amide bonds. The molecule has 280 valence electrons. The Hall–Kier alpha value is -5.93. The Kier molecular flexibility index (Phi) is 10.4. The van der Waals surface area contributed by atoms with Gasteiger partial charge in [0.25, 0.3) is 5.91 Å². The fourth-order valence-corrected chi connectivity index (χ4v) is 6.62. The fraction of sp³-hybridized carbons (Fsp3) is 0.231. The number of anilines is 1. The molecule has 0 spiro atoms. The molecule has 0 aliphatic heterocycles. The van der Waals surface area contributed by atoms with Crippen molar-refractivity contribution in [1.82, 2.24) is 29.5 Å². The van der Waals surface area contributed by atoms with E-state index in [-0.39, 0.29) is 28.4 Å². The van der Waals surface area contributed by atoms with Crippen molar-refractivity contribution in [3.05, 3.63) is 95.8 Å². The van der Waals surface area contributed by atoms with Crippen LogP contribution in [-0.4, -0.2) is 92.9 Å². The molecule has 7 rings (SSSR count). The smallest absolute Gasteiger partial charge is 0.255 e. The second kappa shape index (κ2) is 14.8. The van der Waals surface area contributed by atoms with Crippen LogP contribution in [0, 0.1) is 11.6 Å². The van der Waals surface area contributed by atoms with Crippen LogP contribution in [0.5, 0.6) is 0 Å². The van der Waals surface area contributed by atoms with Gasteiger partial charge in [0, 0.05) is 56.2 Å². The Bertz CT molecular complexity index is 2670. The number of aromatic nitrogens is 3. The first kappa shape index (κ1) is 37.8. The lowest BCUT2D eigenvalue weighted by Gasteiger charge is -2.21. The Labute approximate surface area is 310 Å². The summed E-state index contributed by atoms with van der Waals surface area (Å²) in [6.45, 7) is 3.32. The zero-order chi connectivity index (χ0) is 39.1. The Morgan fingerprint density at radius 2 is 1.65 bits per heavy atom. The average Bonchev–Trinajstić information content (AvgIpc) is 3.74. The molecule has 7 aromatic rings. The Morgan fingerprint density at radius 3 is 2.28 bits per heavy atom. The molecule has 0 saturated carbocycles. The second-order valence-corrected chi connectivity index (χ2v) is 15.0. The van der Waals surface area contributed by atoms with E-state index < -0.39 is 21.7 Å². The van der Waals surface area contributed by atoms with Crippen molar-refractivity contribution in [3.8, 4) is 22.6 Å². The molecular formula is C39H39F2N7O5S. The molecule has 0 saturated heterocycles. The summed E-state index contributed by atoms with van der Waals surface area (Å²) >= 11 is 0. The third-order valence-electron chi connectivity index (χ3n) is 9.06. The quantitative estimate of drug-likeness (QED) is 0.170. The zero-order valence-electron chi connectivity index (χ0n) is 30.8. The second-order valence-electron chi connectivity index (χ2n) is 13.0. The van der Waals surface area contributed by atoms with Gasteiger partial charge in [-0.3, -0.25) is 23.2 Å². The summed E-state index contributed by atoms with van der Waals surface area (Å²) in [5.74, 6) is -0.362. The topological polar surface area (TPSA) is 133 Å². The highest BCUT2D eigenvalue weighted by Gasteiger charge is 2.27. The van der Waals surface area contributed by atoms with Gasteiger partial charge in [0.2, 0.25) is 16.4 Å². The van der Waals surface area contributed by atoms with Gasteiger partial charge >= 0.3 is 0 Å². The van der Waals surface area contributed by atoms with Crippen molar-refractivity contribution >= 4 is 66.5 Å². The van der Waals surface area contributed by atoms with Gasteiger partial charge in [0.1, 0.15) is 34.3 Å². The summed E-state index contributed by atoms with van der Waals surface area (Å²) in [6, 6.07) is 19.0. The Balaban J connectivity index is 0.000000934. The molecule has 0 fully saturated rings. The van der Waals surface area contributed by atoms with Crippen molar-refractivity contribution in [3.63, 3.8) is 0 Å². The van der Waals surface area contributed by atoms with Gasteiger partial charge in [0.05, 0.1) is 46.3 Å². The minimum absolute atomic E-state index is 0.196. The van der Waals surface area contributed by atoms with Crippen molar-refractivity contribution in [2.75, 3.05) is 52.3 Å². The van der Waals surface area contributed by atoms with Crippen LogP contribution in [-0.2, 0) is 21.4 Å². The molecule has 15 heteroatoms. The molecule has 0 aliphatic rings. The van der Waals surface area contributed by atoms with Crippen LogP contribution in [0.4, 0.5) is 14.5 Å². The largest absolute Gasteiger partial charge is 0.455 e. The van der Waals surface area contributed by atoms with Crippen LogP contribution in [0.2, 0.25) is 0 Å². The van der Waals surface area contributed by atoms with E-state index in [1.54, 1.807) is 50.5 Å². The highest BCUT2D eigenvalue weighted by atomic mass is 32.2. The van der Waals surface area contributed by atoms with Gasteiger partial charge in [0.15, 0.2) is 0 Å². The van der Waals surface area contributed by atoms with Crippen LogP contribution < -0.4 is 9.62 Å². The number of hydrogen-bond donors (Lipinski definition) is 1. The molecule has 12 nitrogen and oxygen atoms in total. The normalized spacial score (nSPS) is 11.7. The minimum atomic E-state index is -3.78. The first-order chi connectivity index (χ1) is 25.7. The lowest BCUT2D eigenvalue weighted by molar-refractivity contribution is -0.115. The maximum Gasteiger partial charge on any atom is 0.255 e. The summed E-state index contributed by atoms with van der Waals surface area (Å²) < 4.78 is 64.0. The molecule has 0 unspecified atom stereocenters. The standard InChI is InChI=1S/C36H32F2N6O4S.C3H7NO/c1-6-42(3)19-32-40-27-15-14-26(41-34(27)30-17-22-25(38)8-7-9-28(22)44(30)32)23-16-24-31(18-29(23)43(4)49(5,46)47)48-35(33(24)36(45)39-2)20-10-12-21(37)13-11-20;1-4(2)3-5/h7-18H,6,19H2,1-5H3,(H,39,45);3H,1-2H3. The van der Waals surface area contributed by atoms with E-state index in [4.69, 9.17) is 14.4 Å². The predicted molar refractivity (Wildman–Crippen MR) is 207 cm³/mol. The zero-order valence-corrected chi connectivity index (χ0v) is 31.6. The summed E-state index contributed by atoms with van der Waals surface area (Å²) in [5.41, 5.74) is 4.29. The summed E-state index contributed by atoms with van der Waals surface area (Å²) in [7, 11) is 4.49. The first-order valence-electron chi connectivity index (χ1n) is 16.9. The van der Waals surface area contributed by atoms with Crippen LogP contribution in [0.25, 0.3) is 61.0 Å². The molecule has 1 N–H and O–H groups in total. The molecule has 0 aliphatic carbocycles. The summed E-state index contributed by atoms with van der Waals surface area (Å²) in [6.07, 6.45) is 1.83. The number of furan rings is 1. The molecule has 0 radical (unpaired) electrons. The molecule has 4 heterocycles. The Morgan fingerprint density at radius 1 is 0.944 bits per heavy atom. The highest BCUT2D eigenvalue weighted by Crippen LogP contribution is 2.41. The van der Waals surface area contributed by atoms with Gasteiger partial charge in [-0.15, -0.1) is 0 Å². The molecule has 3 aromatic carbocycles. The van der Waals surface area contributed by atoms with Crippen molar-refractivity contribution in [2.45, 2.75) is 13.5 Å². The number of nitrogens with one attached hydrogen (secondary N) is 1. The molecular weight excluding hydrogens is 717 g/mol. The van der Waals surface area contributed by atoms with Crippen molar-refractivity contribution in [2.24, 2.45) is 0 Å². The van der Waals surface area contributed by atoms with E-state index in [1.165, 1.54) is 49.3 Å². The van der Waals surface area contributed by atoms with E-state index in [0.29, 0.717) is 62.0 Å². The van der Waals surface area contributed by atoms with Gasteiger partial charge in [-0.25, -0.2) is 27.2 Å². The molecule has 4 aromatic heterocycles. The van der Waals surface area contributed by atoms with Crippen LogP contribution in [0.3, 0.4) is 0 Å². The molecule has 0 bridgehead atoms. The van der Waals surface area contributed by atoms with Crippen molar-refractivity contribution in [1.29, 1.82) is 0 Å². The number of amides is 2. The number of carbonyl (C=O) groups is 2. The fourth-order valence-electron chi connectivity index (χ4n) is 6.11. The summed E-state index contributed by atoms with van der Waals surface area (Å²) in [4.78, 5) is 36.3. The van der Waals surface area contributed by atoms with Crippen LogP contribution >= 0.6 is 0 Å². The number of halogens is 2. The van der Waals surface area contributed by atoms with Crippen LogP contribution in [0.1, 0.15) is 23.1 Å². The lowest BCUT2D eigenvalue weighted by atomic mass is 10.0. The number of benzene rings is 3. The van der Waals surface area contributed by atoms with E-state index in [0.717, 1.165) is 23.5 Å². The minimum Gasteiger partial charge on any atom is -0.455 e. The number of pyridine rings is 1. The first-order valence-corrected chi connectivity index (χ1v) is 18.7. The van der Waals surface area contributed by atoms with Gasteiger partial charge < -0.3 is 14.6 Å². The number of fused-ring (bicyclic) bond motifs is 6. The van der Waals surface area contributed by atoms with Gasteiger partial charge in [-0.05, 0) is 74.3 Å². The summed E-state index contributed by atoms with van der Waals surface area (Å²) in [5, 5.41) is 3.47. The number of carbonyl (C=O) groups excluding carboxylic acids is 2. The van der Waals surface area contributed by atoms with E-state index in [9.17, 15) is 22.4 Å². The van der Waals surface area contributed by atoms with E-state index in [1.807, 2.05) is 24.4 Å². The maximum absolute atomic E-state index is 15.1. The highest BCUT2D eigenvalue weighted by molar-refractivity contribution is 7.92. The third kappa shape index (κ3) is 7.07. The van der Waals surface area contributed by atoms with Crippen molar-refractivity contribution < 1.29 is 31.2 Å². The van der Waals surface area contributed by atoms with Crippen LogP contribution in [0.15, 0.2) is 77.2 Å². The molecule has 54 heavy (non-hydrogen) atoms. The number of rotatable bonds is 9. The lowest BCUT2D eigenvalue weighted by Crippen LogP contribution is -2.25. The number of sulfonamides is 1. The van der Waals surface area contributed by atoms with E-state index >= 15 is 4.39 Å². The predicted octanol–water partition coefficient (Wildman–Crippen LogP) is 6.31. The number of nitrogens with zero attached hydrogens (tertiary/aromatic N) is 6. The average molecular weight is 756 g/mol.